The van der Waals surface area contributed by atoms with Crippen LogP contribution >= 0.6 is 0 Å². The van der Waals surface area contributed by atoms with Gasteiger partial charge in [-0.15, -0.1) is 0 Å². The molecule has 3 aliphatic heterocycles. The van der Waals surface area contributed by atoms with E-state index in [0.29, 0.717) is 38.3 Å². The number of quaternary nitrogens is 1. The molecular formula is C20H20F3N2O3+. The first-order valence-electron chi connectivity index (χ1n) is 9.19. The second-order valence-electron chi connectivity index (χ2n) is 7.33. The normalized spacial score (nSPS) is 26.4. The molecule has 3 aliphatic rings. The molecule has 1 fully saturated rings. The minimum atomic E-state index is -4.41. The Labute approximate surface area is 160 Å². The van der Waals surface area contributed by atoms with Crippen LogP contribution in [0.5, 0.6) is 5.75 Å². The van der Waals surface area contributed by atoms with Gasteiger partial charge in [0.2, 0.25) is 5.70 Å². The van der Waals surface area contributed by atoms with Crippen LogP contribution < -0.4 is 4.74 Å². The highest BCUT2D eigenvalue weighted by molar-refractivity contribution is 5.93. The van der Waals surface area contributed by atoms with Gasteiger partial charge in [-0.1, -0.05) is 12.1 Å². The highest BCUT2D eigenvalue weighted by Gasteiger charge is 2.44. The number of halogens is 3. The van der Waals surface area contributed by atoms with Gasteiger partial charge in [-0.3, -0.25) is 4.79 Å². The first-order chi connectivity index (χ1) is 13.3. The van der Waals surface area contributed by atoms with Crippen LogP contribution in [0.25, 0.3) is 0 Å². The summed E-state index contributed by atoms with van der Waals surface area (Å²) >= 11 is 0. The predicted octanol–water partition coefficient (Wildman–Crippen LogP) is 2.67. The van der Waals surface area contributed by atoms with Crippen LogP contribution in [-0.2, 0) is 22.2 Å². The fourth-order valence-electron chi connectivity index (χ4n) is 4.12. The standard InChI is InChI=1S/C20H20F3N2O3/c21-20(22,23)16-4-3-6-18-15(16)12-14(28-18)7-8-24-9-11-25(13-26)10-2-1-5-17(25)19(24)27/h1-6,13-14H,7-12H2/q+1. The number of hydrogen-bond donors (Lipinski definition) is 0. The van der Waals surface area contributed by atoms with Crippen LogP contribution in [0.4, 0.5) is 13.2 Å². The Hall–Kier alpha value is -2.61. The van der Waals surface area contributed by atoms with Crippen molar-refractivity contribution >= 4 is 12.3 Å². The Balaban J connectivity index is 1.42. The van der Waals surface area contributed by atoms with Crippen molar-refractivity contribution in [1.82, 2.24) is 4.90 Å². The number of fused-ring (bicyclic) bond motifs is 2. The van der Waals surface area contributed by atoms with Gasteiger partial charge in [-0.2, -0.15) is 13.2 Å². The summed E-state index contributed by atoms with van der Waals surface area (Å²) < 4.78 is 45.2. The number of ether oxygens (including phenoxy) is 1. The number of nitrogens with zero attached hydrogens (tertiary/aromatic N) is 2. The van der Waals surface area contributed by atoms with Crippen molar-refractivity contribution in [3.63, 3.8) is 0 Å². The number of amides is 2. The molecule has 3 heterocycles. The minimum Gasteiger partial charge on any atom is -0.490 e. The summed E-state index contributed by atoms with van der Waals surface area (Å²) in [6.45, 7) is 1.76. The number of carbonyl (C=O) groups is 2. The topological polar surface area (TPSA) is 46.6 Å². The van der Waals surface area contributed by atoms with Gasteiger partial charge in [-0.25, -0.2) is 9.28 Å². The zero-order valence-corrected chi connectivity index (χ0v) is 15.1. The van der Waals surface area contributed by atoms with E-state index in [4.69, 9.17) is 4.74 Å². The molecule has 2 atom stereocenters. The fourth-order valence-corrected chi connectivity index (χ4v) is 4.12. The van der Waals surface area contributed by atoms with E-state index >= 15 is 0 Å². The molecular weight excluding hydrogens is 373 g/mol. The molecule has 0 radical (unpaired) electrons. The Kier molecular flexibility index (Phi) is 4.53. The Morgan fingerprint density at radius 1 is 1.32 bits per heavy atom. The molecule has 2 unspecified atom stereocenters. The molecule has 0 aromatic heterocycles. The minimum absolute atomic E-state index is 0.00610. The quantitative estimate of drug-likeness (QED) is 0.584. The molecule has 0 spiro atoms. The predicted molar refractivity (Wildman–Crippen MR) is 94.0 cm³/mol. The van der Waals surface area contributed by atoms with E-state index in [1.807, 2.05) is 6.08 Å². The molecule has 28 heavy (non-hydrogen) atoms. The summed E-state index contributed by atoms with van der Waals surface area (Å²) in [7, 11) is 0. The summed E-state index contributed by atoms with van der Waals surface area (Å²) in [6.07, 6.45) is 1.90. The van der Waals surface area contributed by atoms with Crippen LogP contribution in [-0.4, -0.2) is 54.0 Å². The highest BCUT2D eigenvalue weighted by atomic mass is 19.4. The largest absolute Gasteiger partial charge is 0.490 e. The molecule has 2 amide bonds. The molecule has 0 saturated carbocycles. The molecule has 0 aliphatic carbocycles. The molecule has 148 valence electrons. The van der Waals surface area contributed by atoms with Gasteiger partial charge in [-0.05, 0) is 18.2 Å². The summed E-state index contributed by atoms with van der Waals surface area (Å²) in [6, 6.07) is 3.96. The first-order valence-corrected chi connectivity index (χ1v) is 9.19. The molecule has 0 N–H and O–H groups in total. The van der Waals surface area contributed by atoms with E-state index in [0.717, 1.165) is 12.5 Å². The average molecular weight is 393 g/mol. The molecule has 1 aromatic rings. The Bertz CT molecular complexity index is 878. The summed E-state index contributed by atoms with van der Waals surface area (Å²) in [5.41, 5.74) is -0.0331. The number of benzene rings is 1. The third kappa shape index (κ3) is 3.11. The van der Waals surface area contributed by atoms with Gasteiger partial charge in [0.25, 0.3) is 0 Å². The first kappa shape index (κ1) is 18.7. The van der Waals surface area contributed by atoms with E-state index in [2.05, 4.69) is 0 Å². The molecule has 1 aromatic carbocycles. The number of piperazine rings is 1. The zero-order chi connectivity index (χ0) is 19.9. The van der Waals surface area contributed by atoms with Crippen LogP contribution in [0.1, 0.15) is 17.5 Å². The van der Waals surface area contributed by atoms with Crippen LogP contribution in [0.15, 0.2) is 42.1 Å². The molecule has 1 saturated heterocycles. The summed E-state index contributed by atoms with van der Waals surface area (Å²) in [5, 5.41) is 0. The average Bonchev–Trinajstić information content (AvgIpc) is 3.09. The molecule has 0 bridgehead atoms. The maximum atomic E-state index is 13.2. The van der Waals surface area contributed by atoms with E-state index in [1.165, 1.54) is 6.07 Å². The second-order valence-corrected chi connectivity index (χ2v) is 7.33. The van der Waals surface area contributed by atoms with Crippen molar-refractivity contribution in [3.05, 3.63) is 53.3 Å². The van der Waals surface area contributed by atoms with Crippen molar-refractivity contribution in [2.75, 3.05) is 26.2 Å². The Morgan fingerprint density at radius 3 is 2.89 bits per heavy atom. The number of rotatable bonds is 4. The number of hydrogen-bond acceptors (Lipinski definition) is 3. The van der Waals surface area contributed by atoms with Crippen LogP contribution in [0, 0.1) is 0 Å². The molecule has 5 nitrogen and oxygen atoms in total. The van der Waals surface area contributed by atoms with Gasteiger partial charge in [0.15, 0.2) is 0 Å². The van der Waals surface area contributed by atoms with Gasteiger partial charge >= 0.3 is 18.5 Å². The summed E-state index contributed by atoms with van der Waals surface area (Å²) in [5.74, 6) is 0.0655. The molecule has 4 rings (SSSR count). The molecule has 8 heteroatoms. The number of allylic oxidation sites excluding steroid dienone is 2. The SMILES string of the molecule is O=C[N+]12CC=CC=C1C(=O)N(CCC1Cc3c(cccc3C(F)(F)F)O1)CC2. The van der Waals surface area contributed by atoms with E-state index in [-0.39, 0.29) is 28.1 Å². The van der Waals surface area contributed by atoms with Crippen molar-refractivity contribution in [1.29, 1.82) is 0 Å². The highest BCUT2D eigenvalue weighted by Crippen LogP contribution is 2.40. The van der Waals surface area contributed by atoms with Gasteiger partial charge in [0, 0.05) is 31.0 Å². The lowest BCUT2D eigenvalue weighted by Gasteiger charge is -2.41. The van der Waals surface area contributed by atoms with Crippen molar-refractivity contribution in [2.45, 2.75) is 25.1 Å². The number of alkyl halides is 3. The van der Waals surface area contributed by atoms with E-state index in [1.54, 1.807) is 23.1 Å². The van der Waals surface area contributed by atoms with Crippen molar-refractivity contribution in [2.24, 2.45) is 0 Å². The fraction of sp³-hybridized carbons (Fsp3) is 0.400. The Morgan fingerprint density at radius 2 is 2.14 bits per heavy atom. The third-order valence-electron chi connectivity index (χ3n) is 5.66. The lowest BCUT2D eigenvalue weighted by molar-refractivity contribution is -0.800. The van der Waals surface area contributed by atoms with Crippen molar-refractivity contribution < 1.29 is 32.0 Å². The zero-order valence-electron chi connectivity index (χ0n) is 15.1. The lowest BCUT2D eigenvalue weighted by atomic mass is 10.0. The third-order valence-corrected chi connectivity index (χ3v) is 5.66. The maximum Gasteiger partial charge on any atom is 0.416 e. The smallest absolute Gasteiger partial charge is 0.416 e. The number of carbonyl (C=O) groups excluding carboxylic acids is 2. The summed E-state index contributed by atoms with van der Waals surface area (Å²) in [4.78, 5) is 26.0. The second kappa shape index (κ2) is 6.77. The van der Waals surface area contributed by atoms with Gasteiger partial charge in [0.1, 0.15) is 24.9 Å². The monoisotopic (exact) mass is 393 g/mol. The lowest BCUT2D eigenvalue weighted by Crippen LogP contribution is -2.60. The maximum absolute atomic E-state index is 13.2. The van der Waals surface area contributed by atoms with Crippen LogP contribution in [0.3, 0.4) is 0 Å². The van der Waals surface area contributed by atoms with Gasteiger partial charge in [0.05, 0.1) is 12.1 Å². The van der Waals surface area contributed by atoms with Gasteiger partial charge < -0.3 is 9.64 Å². The van der Waals surface area contributed by atoms with Crippen molar-refractivity contribution in [3.8, 4) is 5.75 Å². The van der Waals surface area contributed by atoms with E-state index < -0.39 is 17.8 Å². The van der Waals surface area contributed by atoms with Crippen LogP contribution in [0.2, 0.25) is 0 Å². The van der Waals surface area contributed by atoms with E-state index in [9.17, 15) is 22.8 Å².